The molecule has 0 aliphatic carbocycles. The summed E-state index contributed by atoms with van der Waals surface area (Å²) in [6.45, 7) is 3.80. The Kier molecular flexibility index (Phi) is 4.20. The molecule has 1 aromatic heterocycles. The van der Waals surface area contributed by atoms with Crippen LogP contribution in [0.1, 0.15) is 17.8 Å². The van der Waals surface area contributed by atoms with E-state index < -0.39 is 0 Å². The molecule has 3 rings (SSSR count). The molecule has 2 aromatic rings. The van der Waals surface area contributed by atoms with Crippen molar-refractivity contribution in [3.63, 3.8) is 0 Å². The number of rotatable bonds is 4. The molecule has 1 aliphatic heterocycles. The van der Waals surface area contributed by atoms with Crippen molar-refractivity contribution in [2.24, 2.45) is 0 Å². The van der Waals surface area contributed by atoms with Crippen molar-refractivity contribution in [3.8, 4) is 5.69 Å². The first-order valence-corrected chi connectivity index (χ1v) is 7.60. The molecule has 0 radical (unpaired) electrons. The Morgan fingerprint density at radius 2 is 2.18 bits per heavy atom. The van der Waals surface area contributed by atoms with Crippen molar-refractivity contribution in [1.82, 2.24) is 25.2 Å². The van der Waals surface area contributed by atoms with Gasteiger partial charge in [0.25, 0.3) is 0 Å². The van der Waals surface area contributed by atoms with Crippen LogP contribution in [-0.4, -0.2) is 52.0 Å². The molecule has 0 saturated carbocycles. The number of carbonyl (C=O) groups is 1. The van der Waals surface area contributed by atoms with E-state index in [0.29, 0.717) is 6.42 Å². The van der Waals surface area contributed by atoms with Crippen molar-refractivity contribution >= 4 is 5.91 Å². The summed E-state index contributed by atoms with van der Waals surface area (Å²) in [7, 11) is 1.87. The molecule has 1 fully saturated rings. The van der Waals surface area contributed by atoms with Crippen LogP contribution >= 0.6 is 0 Å². The topological polar surface area (TPSA) is 63.1 Å². The molecule has 116 valence electrons. The number of hydrogen-bond acceptors (Lipinski definition) is 4. The van der Waals surface area contributed by atoms with Gasteiger partial charge in [0.05, 0.1) is 23.5 Å². The van der Waals surface area contributed by atoms with Gasteiger partial charge >= 0.3 is 0 Å². The molecule has 1 amide bonds. The van der Waals surface area contributed by atoms with Gasteiger partial charge in [0, 0.05) is 19.6 Å². The van der Waals surface area contributed by atoms with E-state index in [9.17, 15) is 4.79 Å². The third-order valence-corrected chi connectivity index (χ3v) is 4.29. The van der Waals surface area contributed by atoms with E-state index in [4.69, 9.17) is 0 Å². The number of hydrogen-bond donors (Lipinski definition) is 1. The highest BCUT2D eigenvalue weighted by molar-refractivity contribution is 5.78. The Morgan fingerprint density at radius 3 is 2.86 bits per heavy atom. The lowest BCUT2D eigenvalue weighted by atomic mass is 10.2. The number of carbonyl (C=O) groups excluding carboxylic acids is 1. The summed E-state index contributed by atoms with van der Waals surface area (Å²) in [6, 6.07) is 10.1. The first kappa shape index (κ1) is 14.7. The summed E-state index contributed by atoms with van der Waals surface area (Å²) < 4.78 is 1.78. The number of likely N-dealkylation sites (N-methyl/N-ethyl adjacent to an activating group) is 1. The molecule has 1 atom stereocenters. The van der Waals surface area contributed by atoms with E-state index in [1.807, 2.05) is 49.2 Å². The van der Waals surface area contributed by atoms with Gasteiger partial charge in [-0.1, -0.05) is 23.4 Å². The number of amides is 1. The molecular weight excluding hydrogens is 278 g/mol. The number of aromatic nitrogens is 3. The summed E-state index contributed by atoms with van der Waals surface area (Å²) in [6.07, 6.45) is 1.31. The standard InChI is InChI=1S/C16H21N5O/c1-12-15(10-16(22)20(2)14-8-9-17-11-14)18-19-21(12)13-6-4-3-5-7-13/h3-7,14,17H,8-11H2,1-2H3/t14-/m0/s1. The zero-order chi connectivity index (χ0) is 15.5. The zero-order valence-electron chi connectivity index (χ0n) is 13.0. The Labute approximate surface area is 130 Å². The van der Waals surface area contributed by atoms with Crippen molar-refractivity contribution in [2.45, 2.75) is 25.8 Å². The zero-order valence-corrected chi connectivity index (χ0v) is 13.0. The van der Waals surface area contributed by atoms with Crippen LogP contribution in [0.2, 0.25) is 0 Å². The number of nitrogens with one attached hydrogen (secondary N) is 1. The molecule has 2 heterocycles. The van der Waals surface area contributed by atoms with Crippen molar-refractivity contribution in [1.29, 1.82) is 0 Å². The monoisotopic (exact) mass is 299 g/mol. The summed E-state index contributed by atoms with van der Waals surface area (Å²) in [5, 5.41) is 11.7. The predicted octanol–water partition coefficient (Wildman–Crippen LogP) is 0.939. The number of benzene rings is 1. The van der Waals surface area contributed by atoms with E-state index in [1.165, 1.54) is 0 Å². The smallest absolute Gasteiger partial charge is 0.228 e. The molecule has 0 unspecified atom stereocenters. The highest BCUT2D eigenvalue weighted by Gasteiger charge is 2.24. The maximum absolute atomic E-state index is 12.4. The third kappa shape index (κ3) is 2.87. The second-order valence-electron chi connectivity index (χ2n) is 5.70. The summed E-state index contributed by atoms with van der Waals surface area (Å²) >= 11 is 0. The van der Waals surface area contributed by atoms with E-state index in [0.717, 1.165) is 36.6 Å². The van der Waals surface area contributed by atoms with Gasteiger partial charge in [0.1, 0.15) is 0 Å². The van der Waals surface area contributed by atoms with Crippen LogP contribution in [0.5, 0.6) is 0 Å². The second kappa shape index (κ2) is 6.27. The average molecular weight is 299 g/mol. The first-order valence-electron chi connectivity index (χ1n) is 7.60. The van der Waals surface area contributed by atoms with Crippen molar-refractivity contribution in [3.05, 3.63) is 41.7 Å². The Bertz CT molecular complexity index is 646. The highest BCUT2D eigenvalue weighted by Crippen LogP contribution is 2.14. The van der Waals surface area contributed by atoms with Gasteiger partial charge in [-0.15, -0.1) is 5.10 Å². The fourth-order valence-corrected chi connectivity index (χ4v) is 2.78. The predicted molar refractivity (Wildman–Crippen MR) is 83.8 cm³/mol. The maximum Gasteiger partial charge on any atom is 0.228 e. The SMILES string of the molecule is Cc1c(CC(=O)N(C)[C@H]2CCNC2)nnn1-c1ccccc1. The quantitative estimate of drug-likeness (QED) is 0.912. The Hall–Kier alpha value is -2.21. The summed E-state index contributed by atoms with van der Waals surface area (Å²) in [5.74, 6) is 0.0944. The lowest BCUT2D eigenvalue weighted by Crippen LogP contribution is -2.39. The van der Waals surface area contributed by atoms with Crippen molar-refractivity contribution in [2.75, 3.05) is 20.1 Å². The van der Waals surface area contributed by atoms with Crippen LogP contribution in [0.25, 0.3) is 5.69 Å². The molecule has 6 nitrogen and oxygen atoms in total. The van der Waals surface area contributed by atoms with Crippen LogP contribution < -0.4 is 5.32 Å². The third-order valence-electron chi connectivity index (χ3n) is 4.29. The van der Waals surface area contributed by atoms with E-state index >= 15 is 0 Å². The molecular formula is C16H21N5O. The lowest BCUT2D eigenvalue weighted by molar-refractivity contribution is -0.130. The number of nitrogens with zero attached hydrogens (tertiary/aromatic N) is 4. The van der Waals surface area contributed by atoms with E-state index in [2.05, 4.69) is 15.6 Å². The molecule has 1 aromatic carbocycles. The maximum atomic E-state index is 12.4. The van der Waals surface area contributed by atoms with E-state index in [-0.39, 0.29) is 11.9 Å². The normalized spacial score (nSPS) is 17.6. The Morgan fingerprint density at radius 1 is 1.41 bits per heavy atom. The summed E-state index contributed by atoms with van der Waals surface area (Å²) in [4.78, 5) is 14.3. The van der Waals surface area contributed by atoms with Gasteiger partial charge in [-0.3, -0.25) is 4.79 Å². The minimum Gasteiger partial charge on any atom is -0.341 e. The second-order valence-corrected chi connectivity index (χ2v) is 5.70. The lowest BCUT2D eigenvalue weighted by Gasteiger charge is -2.23. The van der Waals surface area contributed by atoms with Crippen LogP contribution in [-0.2, 0) is 11.2 Å². The van der Waals surface area contributed by atoms with Crippen molar-refractivity contribution < 1.29 is 4.79 Å². The van der Waals surface area contributed by atoms with Gasteiger partial charge in [-0.25, -0.2) is 4.68 Å². The van der Waals surface area contributed by atoms with Gasteiger partial charge in [-0.2, -0.15) is 0 Å². The van der Waals surface area contributed by atoms with Gasteiger partial charge in [-0.05, 0) is 32.0 Å². The van der Waals surface area contributed by atoms with Crippen LogP contribution in [0, 0.1) is 6.92 Å². The molecule has 1 N–H and O–H groups in total. The van der Waals surface area contributed by atoms with Gasteiger partial charge < -0.3 is 10.2 Å². The van der Waals surface area contributed by atoms with Gasteiger partial charge in [0.2, 0.25) is 5.91 Å². The van der Waals surface area contributed by atoms with Gasteiger partial charge in [0.15, 0.2) is 0 Å². The molecule has 6 heteroatoms. The fraction of sp³-hybridized carbons (Fsp3) is 0.438. The number of para-hydroxylation sites is 1. The molecule has 0 spiro atoms. The van der Waals surface area contributed by atoms with Crippen LogP contribution in [0.4, 0.5) is 0 Å². The average Bonchev–Trinajstić information content (AvgIpc) is 3.18. The van der Waals surface area contributed by atoms with Crippen LogP contribution in [0.15, 0.2) is 30.3 Å². The first-order chi connectivity index (χ1) is 10.7. The molecule has 22 heavy (non-hydrogen) atoms. The summed E-state index contributed by atoms with van der Waals surface area (Å²) in [5.41, 5.74) is 2.61. The molecule has 1 aliphatic rings. The van der Waals surface area contributed by atoms with Crippen LogP contribution in [0.3, 0.4) is 0 Å². The molecule has 1 saturated heterocycles. The minimum absolute atomic E-state index is 0.0944. The molecule has 0 bridgehead atoms. The minimum atomic E-state index is 0.0944. The highest BCUT2D eigenvalue weighted by atomic mass is 16.2. The fourth-order valence-electron chi connectivity index (χ4n) is 2.78. The van der Waals surface area contributed by atoms with E-state index in [1.54, 1.807) is 4.68 Å². The Balaban J connectivity index is 1.73. The largest absolute Gasteiger partial charge is 0.341 e.